The number of fused-ring (bicyclic) bond motifs is 10. The molecule has 1 aromatic heterocycles. The summed E-state index contributed by atoms with van der Waals surface area (Å²) in [5.41, 5.74) is 15.1. The van der Waals surface area contributed by atoms with Gasteiger partial charge in [0.15, 0.2) is 35.9 Å². The van der Waals surface area contributed by atoms with Gasteiger partial charge in [-0.25, -0.2) is 0 Å². The zero-order valence-corrected chi connectivity index (χ0v) is 34.4. The van der Waals surface area contributed by atoms with Crippen LogP contribution in [0.4, 0.5) is 28.4 Å². The van der Waals surface area contributed by atoms with Gasteiger partial charge in [0.25, 0.3) is 0 Å². The predicted octanol–water partition coefficient (Wildman–Crippen LogP) is 14.3. The molecule has 2 aliphatic rings. The third-order valence-corrected chi connectivity index (χ3v) is 12.8. The second kappa shape index (κ2) is 13.9. The lowest BCUT2D eigenvalue weighted by Gasteiger charge is -2.37. The maximum atomic E-state index is 6.60. The Labute approximate surface area is 364 Å². The van der Waals surface area contributed by atoms with Crippen LogP contribution in [0.5, 0.6) is 23.0 Å². The number of rotatable bonds is 5. The van der Waals surface area contributed by atoms with Crippen molar-refractivity contribution in [3.8, 4) is 45.3 Å². The minimum Gasteiger partial charge on any atom is -0.454 e. The van der Waals surface area contributed by atoms with Crippen LogP contribution in [0.2, 0.25) is 0 Å². The molecule has 3 heterocycles. The molecule has 1 N–H and O–H groups in total. The Morgan fingerprint density at radius 2 is 1.13 bits per heavy atom. The highest BCUT2D eigenvalue weighted by Gasteiger charge is 2.33. The molecule has 0 saturated heterocycles. The Morgan fingerprint density at radius 1 is 0.460 bits per heavy atom. The van der Waals surface area contributed by atoms with Gasteiger partial charge in [0.05, 0.1) is 5.69 Å². The van der Waals surface area contributed by atoms with Crippen molar-refractivity contribution in [1.82, 2.24) is 0 Å². The first-order chi connectivity index (χ1) is 31.1. The van der Waals surface area contributed by atoms with E-state index in [0.29, 0.717) is 30.3 Å². The van der Waals surface area contributed by atoms with Crippen molar-refractivity contribution in [3.05, 3.63) is 200 Å². The number of furan rings is 1. The van der Waals surface area contributed by atoms with E-state index in [0.717, 1.165) is 83.3 Å². The summed E-state index contributed by atoms with van der Waals surface area (Å²) in [7, 11) is 0.673. The van der Waals surface area contributed by atoms with Crippen molar-refractivity contribution in [1.29, 1.82) is 0 Å². The molecule has 13 rings (SSSR count). The van der Waals surface area contributed by atoms with Crippen molar-refractivity contribution in [2.45, 2.75) is 6.92 Å². The molecule has 0 spiro atoms. The van der Waals surface area contributed by atoms with Crippen LogP contribution >= 0.6 is 0 Å². The van der Waals surface area contributed by atoms with Crippen LogP contribution in [0, 0.1) is 6.92 Å². The third-order valence-electron chi connectivity index (χ3n) is 12.8. The Bertz CT molecular complexity index is 3670. The van der Waals surface area contributed by atoms with E-state index in [2.05, 4.69) is 175 Å². The number of ether oxygens (including phenoxy) is 2. The number of hydrogen-bond acceptors (Lipinski definition) is 5. The average Bonchev–Trinajstić information content (AvgIpc) is 3.72. The smallest absolute Gasteiger partial charge is 0.198 e. The van der Waals surface area contributed by atoms with E-state index in [-0.39, 0.29) is 0 Å². The number of anilines is 5. The largest absolute Gasteiger partial charge is 0.454 e. The van der Waals surface area contributed by atoms with E-state index in [9.17, 15) is 0 Å². The van der Waals surface area contributed by atoms with Gasteiger partial charge in [-0.1, -0.05) is 133 Å². The molecule has 0 unspecified atom stereocenters. The van der Waals surface area contributed by atoms with Crippen LogP contribution in [0.1, 0.15) is 5.56 Å². The van der Waals surface area contributed by atoms with Crippen molar-refractivity contribution in [2.24, 2.45) is 0 Å². The van der Waals surface area contributed by atoms with E-state index in [1.54, 1.807) is 0 Å². The van der Waals surface area contributed by atoms with Gasteiger partial charge in [0.1, 0.15) is 5.58 Å². The molecule has 0 radical (unpaired) electrons. The molecule has 296 valence electrons. The number of nitrogens with one attached hydrogen (secondary N) is 1. The molecular formula is C57H37BN2O3. The van der Waals surface area contributed by atoms with Crippen molar-refractivity contribution in [2.75, 3.05) is 10.2 Å². The highest BCUT2D eigenvalue weighted by Crippen LogP contribution is 2.50. The maximum Gasteiger partial charge on any atom is 0.198 e. The number of para-hydroxylation sites is 4. The quantitative estimate of drug-likeness (QED) is 0.176. The molecule has 0 aliphatic carbocycles. The normalized spacial score (nSPS) is 12.6. The Morgan fingerprint density at radius 3 is 1.94 bits per heavy atom. The predicted molar refractivity (Wildman–Crippen MR) is 262 cm³/mol. The fraction of sp³-hybridized carbons (Fsp3) is 0.0175. The molecule has 0 amide bonds. The van der Waals surface area contributed by atoms with Gasteiger partial charge >= 0.3 is 0 Å². The van der Waals surface area contributed by atoms with Crippen molar-refractivity contribution < 1.29 is 13.9 Å². The highest BCUT2D eigenvalue weighted by molar-refractivity contribution is 6.74. The van der Waals surface area contributed by atoms with Crippen LogP contribution in [-0.4, -0.2) is 7.28 Å². The van der Waals surface area contributed by atoms with Gasteiger partial charge in [-0.15, -0.1) is 0 Å². The van der Waals surface area contributed by atoms with Gasteiger partial charge in [-0.05, 0) is 111 Å². The number of nitrogens with zero attached hydrogens (tertiary/aromatic N) is 1. The molecule has 5 nitrogen and oxygen atoms in total. The minimum absolute atomic E-state index is 0.673. The highest BCUT2D eigenvalue weighted by atomic mass is 16.6. The maximum absolute atomic E-state index is 6.60. The van der Waals surface area contributed by atoms with Gasteiger partial charge in [-0.2, -0.15) is 0 Å². The topological polar surface area (TPSA) is 46.9 Å². The third kappa shape index (κ3) is 5.72. The van der Waals surface area contributed by atoms with E-state index < -0.39 is 0 Å². The second-order valence-corrected chi connectivity index (χ2v) is 16.6. The van der Waals surface area contributed by atoms with Crippen molar-refractivity contribution >= 4 is 90.1 Å². The fourth-order valence-electron chi connectivity index (χ4n) is 9.84. The monoisotopic (exact) mass is 808 g/mol. The zero-order valence-electron chi connectivity index (χ0n) is 34.4. The summed E-state index contributed by atoms with van der Waals surface area (Å²) < 4.78 is 19.7. The summed E-state index contributed by atoms with van der Waals surface area (Å²) in [6.45, 7) is 2.22. The summed E-state index contributed by atoms with van der Waals surface area (Å²) in [4.78, 5) is 2.47. The van der Waals surface area contributed by atoms with E-state index in [4.69, 9.17) is 13.9 Å². The molecule has 6 heteroatoms. The van der Waals surface area contributed by atoms with Crippen molar-refractivity contribution in [3.63, 3.8) is 0 Å². The average molecular weight is 809 g/mol. The number of aryl methyl sites for hydroxylation is 1. The van der Waals surface area contributed by atoms with Gasteiger partial charge in [0.2, 0.25) is 0 Å². The van der Waals surface area contributed by atoms with E-state index >= 15 is 0 Å². The number of benzene rings is 10. The van der Waals surface area contributed by atoms with E-state index in [1.807, 2.05) is 36.4 Å². The van der Waals surface area contributed by atoms with Crippen LogP contribution in [0.15, 0.2) is 199 Å². The molecule has 2 aliphatic heterocycles. The van der Waals surface area contributed by atoms with Crippen LogP contribution < -0.4 is 30.6 Å². The Balaban J connectivity index is 1.07. The fourth-order valence-corrected chi connectivity index (χ4v) is 9.84. The lowest BCUT2D eigenvalue weighted by molar-refractivity contribution is 0.360. The molecular weight excluding hydrogens is 771 g/mol. The second-order valence-electron chi connectivity index (χ2n) is 16.6. The summed E-state index contributed by atoms with van der Waals surface area (Å²) in [5, 5.41) is 10.8. The zero-order chi connectivity index (χ0) is 41.6. The van der Waals surface area contributed by atoms with Crippen LogP contribution in [0.25, 0.3) is 65.7 Å². The molecule has 0 atom stereocenters. The molecule has 63 heavy (non-hydrogen) atoms. The van der Waals surface area contributed by atoms with Gasteiger partial charge in [0, 0.05) is 50.5 Å². The SMILES string of the molecule is Cc1cc(-c2ccccc2)ccc1N1c2cc3c(cc2Bc2c(-c4cc5ccccc5cc4Nc4cccc5c4oc4ccccc45)cc4ccccc4c21)Oc1ccccc1O3. The van der Waals surface area contributed by atoms with Crippen LogP contribution in [0.3, 0.4) is 0 Å². The van der Waals surface area contributed by atoms with E-state index in [1.165, 1.54) is 27.4 Å². The first kappa shape index (κ1) is 35.5. The molecule has 11 aromatic rings. The Hall–Kier alpha value is -8.22. The lowest BCUT2D eigenvalue weighted by atomic mass is 9.57. The number of hydrogen-bond donors (Lipinski definition) is 1. The standard InChI is InChI=1S/C57H37BN2O3/c1-34-28-38(35-14-3-2-4-15-35)26-27-48(34)60-49-33-54-53(61-51-24-11-12-25-52(51)62-54)32-45(49)58-55-44(30-39-18-7-8-19-40(39)56(55)60)43-29-36-16-5-6-17-37(36)31-47(43)59-46-22-13-21-42-41-20-9-10-23-50(41)63-57(42)46/h2-33,58-59H,1H3. The first-order valence-electron chi connectivity index (χ1n) is 21.4. The minimum atomic E-state index is 0.673. The molecule has 0 saturated carbocycles. The van der Waals surface area contributed by atoms with Gasteiger partial charge in [-0.3, -0.25) is 0 Å². The summed E-state index contributed by atoms with van der Waals surface area (Å²) in [6.07, 6.45) is 0. The molecule has 0 fully saturated rings. The van der Waals surface area contributed by atoms with Crippen LogP contribution in [-0.2, 0) is 0 Å². The summed E-state index contributed by atoms with van der Waals surface area (Å²) in [5.74, 6) is 2.82. The molecule has 0 bridgehead atoms. The van der Waals surface area contributed by atoms with Gasteiger partial charge < -0.3 is 24.1 Å². The summed E-state index contributed by atoms with van der Waals surface area (Å²) in [6, 6.07) is 68.7. The lowest BCUT2D eigenvalue weighted by Crippen LogP contribution is -2.41. The summed E-state index contributed by atoms with van der Waals surface area (Å²) >= 11 is 0. The first-order valence-corrected chi connectivity index (χ1v) is 21.4. The molecule has 10 aromatic carbocycles. The Kier molecular flexibility index (Phi) is 7.85.